The summed E-state index contributed by atoms with van der Waals surface area (Å²) in [5.74, 6) is 0.130. The molecule has 1 aliphatic rings. The fourth-order valence-corrected chi connectivity index (χ4v) is 4.91. The highest BCUT2D eigenvalue weighted by Crippen LogP contribution is 2.29. The zero-order valence-corrected chi connectivity index (χ0v) is 21.1. The Morgan fingerprint density at radius 2 is 1.79 bits per heavy atom. The van der Waals surface area contributed by atoms with Crippen LogP contribution in [0.5, 0.6) is 0 Å². The fraction of sp³-hybridized carbons (Fsp3) is 0.538. The standard InChI is InChI=1S/C26H35N5O3/c1-16-13-19(14-17(2)20(16)9-12-31-10-7-18(8-11-31)25(32)33)23-27-24(34-29-23)21-15-22(26(3,4)5)30(6)28-21/h13-15,18H,7-12H2,1-6H3,(H,32,33). The minimum absolute atomic E-state index is 0.0287. The van der Waals surface area contributed by atoms with E-state index < -0.39 is 5.97 Å². The minimum atomic E-state index is -0.663. The van der Waals surface area contributed by atoms with Crippen molar-refractivity contribution in [3.63, 3.8) is 0 Å². The topological polar surface area (TPSA) is 97.3 Å². The van der Waals surface area contributed by atoms with Gasteiger partial charge in [-0.15, -0.1) is 0 Å². The van der Waals surface area contributed by atoms with E-state index >= 15 is 0 Å². The van der Waals surface area contributed by atoms with Gasteiger partial charge < -0.3 is 14.5 Å². The van der Waals surface area contributed by atoms with E-state index in [2.05, 4.69) is 66.9 Å². The highest BCUT2D eigenvalue weighted by atomic mass is 16.5. The number of carboxylic acid groups (broad SMARTS) is 1. The van der Waals surface area contributed by atoms with Crippen LogP contribution in [-0.2, 0) is 23.7 Å². The van der Waals surface area contributed by atoms with Gasteiger partial charge >= 0.3 is 5.97 Å². The van der Waals surface area contributed by atoms with Crippen molar-refractivity contribution in [1.29, 1.82) is 0 Å². The smallest absolute Gasteiger partial charge is 0.306 e. The van der Waals surface area contributed by atoms with Crippen LogP contribution in [0.1, 0.15) is 56.0 Å². The monoisotopic (exact) mass is 465 g/mol. The SMILES string of the molecule is Cc1cc(-c2noc(-c3cc(C(C)(C)C)n(C)n3)n2)cc(C)c1CCN1CCC(C(=O)O)CC1. The largest absolute Gasteiger partial charge is 0.481 e. The Morgan fingerprint density at radius 1 is 1.15 bits per heavy atom. The summed E-state index contributed by atoms with van der Waals surface area (Å²) in [6, 6.07) is 6.25. The first-order chi connectivity index (χ1) is 16.0. The Hall–Kier alpha value is -3.00. The number of carboxylic acids is 1. The molecule has 3 aromatic rings. The molecule has 0 bridgehead atoms. The lowest BCUT2D eigenvalue weighted by Gasteiger charge is -2.30. The number of likely N-dealkylation sites (tertiary alicyclic amines) is 1. The second-order valence-corrected chi connectivity index (χ2v) is 10.5. The van der Waals surface area contributed by atoms with Crippen molar-refractivity contribution in [2.45, 2.75) is 59.3 Å². The second-order valence-electron chi connectivity index (χ2n) is 10.5. The summed E-state index contributed by atoms with van der Waals surface area (Å²) >= 11 is 0. The molecule has 1 aliphatic heterocycles. The van der Waals surface area contributed by atoms with Gasteiger partial charge in [0.05, 0.1) is 5.92 Å². The average molecular weight is 466 g/mol. The molecule has 0 saturated carbocycles. The Labute approximate surface area is 201 Å². The Morgan fingerprint density at radius 3 is 2.35 bits per heavy atom. The summed E-state index contributed by atoms with van der Waals surface area (Å²) in [6.07, 6.45) is 2.41. The molecule has 0 atom stereocenters. The summed E-state index contributed by atoms with van der Waals surface area (Å²) in [5, 5.41) is 18.0. The molecule has 8 nitrogen and oxygen atoms in total. The van der Waals surface area contributed by atoms with E-state index in [9.17, 15) is 9.90 Å². The van der Waals surface area contributed by atoms with Gasteiger partial charge in [0.15, 0.2) is 5.69 Å². The number of hydrogen-bond acceptors (Lipinski definition) is 6. The summed E-state index contributed by atoms with van der Waals surface area (Å²) in [4.78, 5) is 18.2. The third kappa shape index (κ3) is 5.06. The van der Waals surface area contributed by atoms with Gasteiger partial charge in [-0.2, -0.15) is 10.1 Å². The van der Waals surface area contributed by atoms with E-state index in [1.54, 1.807) is 0 Å². The summed E-state index contributed by atoms with van der Waals surface area (Å²) in [6.45, 7) is 13.3. The maximum Gasteiger partial charge on any atom is 0.306 e. The van der Waals surface area contributed by atoms with Gasteiger partial charge in [0.1, 0.15) is 0 Å². The van der Waals surface area contributed by atoms with Crippen molar-refractivity contribution in [2.75, 3.05) is 19.6 Å². The van der Waals surface area contributed by atoms with Crippen molar-refractivity contribution < 1.29 is 14.4 Å². The van der Waals surface area contributed by atoms with Gasteiger partial charge in [-0.25, -0.2) is 0 Å². The molecule has 0 aliphatic carbocycles. The van der Waals surface area contributed by atoms with Gasteiger partial charge in [-0.3, -0.25) is 9.48 Å². The number of nitrogens with zero attached hydrogens (tertiary/aromatic N) is 5. The molecule has 1 saturated heterocycles. The van der Waals surface area contributed by atoms with Crippen molar-refractivity contribution in [2.24, 2.45) is 13.0 Å². The number of rotatable bonds is 6. The maximum absolute atomic E-state index is 11.2. The van der Waals surface area contributed by atoms with Gasteiger partial charge in [0.25, 0.3) is 5.89 Å². The van der Waals surface area contributed by atoms with Crippen LogP contribution in [-0.4, -0.2) is 55.5 Å². The normalized spacial score (nSPS) is 15.7. The lowest BCUT2D eigenvalue weighted by molar-refractivity contribution is -0.143. The van der Waals surface area contributed by atoms with Gasteiger partial charge in [-0.05, 0) is 81.1 Å². The number of aromatic nitrogens is 4. The Bertz CT molecular complexity index is 1160. The number of aryl methyl sites for hydroxylation is 3. The molecule has 0 radical (unpaired) electrons. The molecule has 0 amide bonds. The zero-order valence-electron chi connectivity index (χ0n) is 21.1. The van der Waals surface area contributed by atoms with E-state index in [-0.39, 0.29) is 11.3 Å². The predicted octanol–water partition coefficient (Wildman–Crippen LogP) is 4.39. The number of benzene rings is 1. The molecule has 0 spiro atoms. The molecule has 1 aromatic carbocycles. The van der Waals surface area contributed by atoms with Crippen LogP contribution in [0, 0.1) is 19.8 Å². The molecular formula is C26H35N5O3. The van der Waals surface area contributed by atoms with E-state index in [1.807, 2.05) is 17.8 Å². The summed E-state index contributed by atoms with van der Waals surface area (Å²) < 4.78 is 7.43. The molecule has 34 heavy (non-hydrogen) atoms. The molecular weight excluding hydrogens is 430 g/mol. The zero-order chi connectivity index (χ0) is 24.6. The highest BCUT2D eigenvalue weighted by Gasteiger charge is 2.25. The van der Waals surface area contributed by atoms with Crippen LogP contribution in [0.3, 0.4) is 0 Å². The first-order valence-electron chi connectivity index (χ1n) is 12.0. The van der Waals surface area contributed by atoms with E-state index in [1.165, 1.54) is 16.7 Å². The predicted molar refractivity (Wildman–Crippen MR) is 131 cm³/mol. The minimum Gasteiger partial charge on any atom is -0.481 e. The van der Waals surface area contributed by atoms with E-state index in [0.717, 1.165) is 50.2 Å². The first-order valence-corrected chi connectivity index (χ1v) is 12.0. The van der Waals surface area contributed by atoms with Crippen molar-refractivity contribution >= 4 is 5.97 Å². The molecule has 2 aromatic heterocycles. The quantitative estimate of drug-likeness (QED) is 0.576. The lowest BCUT2D eigenvalue weighted by Crippen LogP contribution is -2.37. The molecule has 3 heterocycles. The van der Waals surface area contributed by atoms with Crippen LogP contribution in [0.25, 0.3) is 23.0 Å². The second kappa shape index (κ2) is 9.33. The molecule has 1 fully saturated rings. The Balaban J connectivity index is 1.47. The number of piperidine rings is 1. The van der Waals surface area contributed by atoms with Crippen LogP contribution >= 0.6 is 0 Å². The Kier molecular flexibility index (Phi) is 6.62. The molecule has 8 heteroatoms. The molecule has 0 unspecified atom stereocenters. The number of carbonyl (C=O) groups is 1. The van der Waals surface area contributed by atoms with Crippen LogP contribution < -0.4 is 0 Å². The van der Waals surface area contributed by atoms with Gasteiger partial charge in [-0.1, -0.05) is 25.9 Å². The van der Waals surface area contributed by atoms with Crippen molar-refractivity contribution in [3.05, 3.63) is 40.6 Å². The third-order valence-electron chi connectivity index (χ3n) is 6.86. The first kappa shape index (κ1) is 24.1. The number of hydrogen-bond donors (Lipinski definition) is 1. The van der Waals surface area contributed by atoms with Crippen LogP contribution in [0.2, 0.25) is 0 Å². The lowest BCUT2D eigenvalue weighted by atomic mass is 9.92. The highest BCUT2D eigenvalue weighted by molar-refractivity contribution is 5.70. The average Bonchev–Trinajstić information content (AvgIpc) is 3.40. The molecule has 182 valence electrons. The van der Waals surface area contributed by atoms with Crippen molar-refractivity contribution in [1.82, 2.24) is 24.8 Å². The third-order valence-corrected chi connectivity index (χ3v) is 6.86. The summed E-state index contributed by atoms with van der Waals surface area (Å²) in [7, 11) is 1.93. The van der Waals surface area contributed by atoms with Gasteiger partial charge in [0.2, 0.25) is 5.82 Å². The fourth-order valence-electron chi connectivity index (χ4n) is 4.91. The van der Waals surface area contributed by atoms with Crippen LogP contribution in [0.15, 0.2) is 22.7 Å². The van der Waals surface area contributed by atoms with Gasteiger partial charge in [0, 0.05) is 30.3 Å². The molecule has 4 rings (SSSR count). The van der Waals surface area contributed by atoms with E-state index in [4.69, 9.17) is 4.52 Å². The molecule has 1 N–H and O–H groups in total. The van der Waals surface area contributed by atoms with Crippen molar-refractivity contribution in [3.8, 4) is 23.0 Å². The summed E-state index contributed by atoms with van der Waals surface area (Å²) in [5.41, 5.74) is 6.42. The number of aliphatic carboxylic acids is 1. The van der Waals surface area contributed by atoms with E-state index in [0.29, 0.717) is 17.4 Å². The maximum atomic E-state index is 11.2. The van der Waals surface area contributed by atoms with Crippen LogP contribution in [0.4, 0.5) is 0 Å².